The third kappa shape index (κ3) is 3.75. The lowest BCUT2D eigenvalue weighted by Gasteiger charge is -2.09. The van der Waals surface area contributed by atoms with Gasteiger partial charge in [0.15, 0.2) is 5.78 Å². The number of hydrogen-bond donors (Lipinski definition) is 1. The first-order chi connectivity index (χ1) is 13.3. The maximum Gasteiger partial charge on any atom is 0.332 e. The van der Waals surface area contributed by atoms with E-state index in [-0.39, 0.29) is 35.6 Å². The van der Waals surface area contributed by atoms with Gasteiger partial charge in [-0.05, 0) is 13.0 Å². The van der Waals surface area contributed by atoms with Crippen LogP contribution in [0, 0.1) is 6.92 Å². The minimum Gasteiger partial charge on any atom is -0.325 e. The Labute approximate surface area is 160 Å². The first kappa shape index (κ1) is 19.2. The smallest absolute Gasteiger partial charge is 0.325 e. The molecule has 0 radical (unpaired) electrons. The minimum atomic E-state index is -0.490. The number of ketones is 1. The number of hydrogen-bond acceptors (Lipinski definition) is 5. The molecule has 0 aliphatic carbocycles. The first-order valence-corrected chi connectivity index (χ1v) is 8.73. The number of rotatable bonds is 5. The molecule has 8 nitrogen and oxygen atoms in total. The van der Waals surface area contributed by atoms with Crippen LogP contribution in [0.3, 0.4) is 0 Å². The molecule has 28 heavy (non-hydrogen) atoms. The van der Waals surface area contributed by atoms with Crippen LogP contribution in [0.15, 0.2) is 46.1 Å². The summed E-state index contributed by atoms with van der Waals surface area (Å²) in [5.41, 5.74) is 1.22. The fourth-order valence-corrected chi connectivity index (χ4v) is 2.87. The van der Waals surface area contributed by atoms with Gasteiger partial charge in [0.25, 0.3) is 5.56 Å². The summed E-state index contributed by atoms with van der Waals surface area (Å²) in [7, 11) is 2.90. The quantitative estimate of drug-likeness (QED) is 0.677. The number of nitrogens with zero attached hydrogens (tertiary/aromatic N) is 3. The van der Waals surface area contributed by atoms with Gasteiger partial charge in [-0.1, -0.05) is 29.8 Å². The Morgan fingerprint density at radius 1 is 1.04 bits per heavy atom. The Bertz CT molecular complexity index is 1190. The Balaban J connectivity index is 1.73. The normalized spacial score (nSPS) is 10.8. The summed E-state index contributed by atoms with van der Waals surface area (Å²) < 4.78 is 2.25. The number of nitrogens with one attached hydrogen (secondary N) is 1. The van der Waals surface area contributed by atoms with Crippen molar-refractivity contribution in [2.75, 3.05) is 5.32 Å². The molecule has 1 aromatic carbocycles. The molecule has 1 N–H and O–H groups in total. The molecule has 0 fully saturated rings. The molecule has 3 rings (SSSR count). The van der Waals surface area contributed by atoms with Crippen molar-refractivity contribution in [1.82, 2.24) is 14.1 Å². The van der Waals surface area contributed by atoms with E-state index in [0.29, 0.717) is 11.3 Å². The monoisotopic (exact) mass is 380 g/mol. The number of anilines is 1. The van der Waals surface area contributed by atoms with Crippen molar-refractivity contribution in [3.05, 3.63) is 68.5 Å². The van der Waals surface area contributed by atoms with Crippen LogP contribution in [0.2, 0.25) is 0 Å². The number of carbonyl (C=O) groups is 2. The fraction of sp³-hybridized carbons (Fsp3) is 0.250. The van der Waals surface area contributed by atoms with Crippen molar-refractivity contribution in [3.63, 3.8) is 0 Å². The zero-order valence-electron chi connectivity index (χ0n) is 15.9. The van der Waals surface area contributed by atoms with Gasteiger partial charge >= 0.3 is 5.69 Å². The third-order valence-electron chi connectivity index (χ3n) is 4.53. The Morgan fingerprint density at radius 3 is 2.39 bits per heavy atom. The number of carbonyl (C=O) groups excluding carboxylic acids is 2. The third-order valence-corrected chi connectivity index (χ3v) is 4.53. The molecular formula is C20H20N4O4. The van der Waals surface area contributed by atoms with Gasteiger partial charge in [0.05, 0.1) is 17.3 Å². The van der Waals surface area contributed by atoms with Crippen LogP contribution in [-0.4, -0.2) is 25.8 Å². The number of aryl methyl sites for hydroxylation is 2. The average Bonchev–Trinajstić information content (AvgIpc) is 2.69. The molecule has 0 saturated carbocycles. The zero-order valence-corrected chi connectivity index (χ0v) is 15.9. The predicted molar refractivity (Wildman–Crippen MR) is 106 cm³/mol. The van der Waals surface area contributed by atoms with Gasteiger partial charge in [-0.3, -0.25) is 23.5 Å². The maximum atomic E-state index is 12.3. The minimum absolute atomic E-state index is 0.00995. The highest BCUT2D eigenvalue weighted by molar-refractivity contribution is 6.00. The van der Waals surface area contributed by atoms with Gasteiger partial charge in [-0.15, -0.1) is 0 Å². The Morgan fingerprint density at radius 2 is 1.71 bits per heavy atom. The van der Waals surface area contributed by atoms with Crippen molar-refractivity contribution < 1.29 is 9.59 Å². The van der Waals surface area contributed by atoms with Gasteiger partial charge < -0.3 is 5.32 Å². The largest absolute Gasteiger partial charge is 0.332 e. The van der Waals surface area contributed by atoms with Crippen LogP contribution in [-0.2, 0) is 18.9 Å². The standard InChI is InChI=1S/C20H20N4O4/c1-12-4-6-13(7-5-12)16(25)8-9-17(26)22-14-10-15-18(21-11-14)23(2)20(28)24(3)19(15)27/h4-7,10-11H,8-9H2,1-3H3,(H,22,26). The summed E-state index contributed by atoms with van der Waals surface area (Å²) in [6.45, 7) is 1.94. The van der Waals surface area contributed by atoms with Gasteiger partial charge in [-0.2, -0.15) is 0 Å². The summed E-state index contributed by atoms with van der Waals surface area (Å²) in [4.78, 5) is 52.7. The molecule has 0 saturated heterocycles. The molecule has 8 heteroatoms. The van der Waals surface area contributed by atoms with Crippen LogP contribution in [0.25, 0.3) is 11.0 Å². The van der Waals surface area contributed by atoms with Crippen molar-refractivity contribution in [2.45, 2.75) is 19.8 Å². The topological polar surface area (TPSA) is 103 Å². The number of pyridine rings is 1. The summed E-state index contributed by atoms with van der Waals surface area (Å²) in [6.07, 6.45) is 1.46. The molecule has 0 aliphatic rings. The Hall–Kier alpha value is -3.55. The number of Topliss-reactive ketones (excluding diaryl/α,β-unsaturated/α-hetero) is 1. The van der Waals surface area contributed by atoms with E-state index >= 15 is 0 Å². The molecule has 144 valence electrons. The second-order valence-electron chi connectivity index (χ2n) is 6.64. The summed E-state index contributed by atoms with van der Waals surface area (Å²) in [5, 5.41) is 2.86. The number of amides is 1. The van der Waals surface area contributed by atoms with E-state index in [2.05, 4.69) is 10.3 Å². The van der Waals surface area contributed by atoms with Crippen molar-refractivity contribution >= 4 is 28.4 Å². The lowest BCUT2D eigenvalue weighted by atomic mass is 10.0. The molecule has 1 amide bonds. The second-order valence-corrected chi connectivity index (χ2v) is 6.64. The lowest BCUT2D eigenvalue weighted by molar-refractivity contribution is -0.116. The van der Waals surface area contributed by atoms with E-state index in [1.807, 2.05) is 19.1 Å². The summed E-state index contributed by atoms with van der Waals surface area (Å²) in [5.74, 6) is -0.473. The van der Waals surface area contributed by atoms with E-state index in [0.717, 1.165) is 10.1 Å². The molecule has 0 unspecified atom stereocenters. The predicted octanol–water partition coefficient (Wildman–Crippen LogP) is 1.54. The maximum absolute atomic E-state index is 12.3. The molecule has 2 heterocycles. The molecular weight excluding hydrogens is 360 g/mol. The van der Waals surface area contributed by atoms with Crippen molar-refractivity contribution in [3.8, 4) is 0 Å². The molecule has 0 atom stereocenters. The van der Waals surface area contributed by atoms with Crippen LogP contribution in [0.5, 0.6) is 0 Å². The van der Waals surface area contributed by atoms with E-state index in [1.165, 1.54) is 30.9 Å². The number of aromatic nitrogens is 3. The highest BCUT2D eigenvalue weighted by Gasteiger charge is 2.13. The van der Waals surface area contributed by atoms with E-state index in [1.54, 1.807) is 12.1 Å². The molecule has 3 aromatic rings. The van der Waals surface area contributed by atoms with Crippen LogP contribution in [0.4, 0.5) is 5.69 Å². The lowest BCUT2D eigenvalue weighted by Crippen LogP contribution is -2.37. The number of benzene rings is 1. The molecule has 0 spiro atoms. The summed E-state index contributed by atoms with van der Waals surface area (Å²) in [6, 6.07) is 8.65. The zero-order chi connectivity index (χ0) is 20.4. The fourth-order valence-electron chi connectivity index (χ4n) is 2.87. The SMILES string of the molecule is Cc1ccc(C(=O)CCC(=O)Nc2cnc3c(c2)c(=O)n(C)c(=O)n3C)cc1. The summed E-state index contributed by atoms with van der Waals surface area (Å²) >= 11 is 0. The first-order valence-electron chi connectivity index (χ1n) is 8.73. The van der Waals surface area contributed by atoms with Gasteiger partial charge in [0.1, 0.15) is 5.65 Å². The van der Waals surface area contributed by atoms with Crippen molar-refractivity contribution in [1.29, 1.82) is 0 Å². The van der Waals surface area contributed by atoms with Crippen LogP contribution < -0.4 is 16.6 Å². The highest BCUT2D eigenvalue weighted by atomic mass is 16.2. The van der Waals surface area contributed by atoms with Crippen LogP contribution >= 0.6 is 0 Å². The van der Waals surface area contributed by atoms with Gasteiger partial charge in [0, 0.05) is 32.5 Å². The highest BCUT2D eigenvalue weighted by Crippen LogP contribution is 2.13. The van der Waals surface area contributed by atoms with E-state index < -0.39 is 11.2 Å². The van der Waals surface area contributed by atoms with E-state index in [4.69, 9.17) is 0 Å². The van der Waals surface area contributed by atoms with Crippen molar-refractivity contribution in [2.24, 2.45) is 14.1 Å². The van der Waals surface area contributed by atoms with E-state index in [9.17, 15) is 19.2 Å². The molecule has 2 aromatic heterocycles. The number of fused-ring (bicyclic) bond motifs is 1. The molecule has 0 bridgehead atoms. The van der Waals surface area contributed by atoms with Gasteiger partial charge in [0.2, 0.25) is 5.91 Å². The average molecular weight is 380 g/mol. The Kier molecular flexibility index (Phi) is 5.21. The second kappa shape index (κ2) is 7.59. The molecule has 0 aliphatic heterocycles. The van der Waals surface area contributed by atoms with Gasteiger partial charge in [-0.25, -0.2) is 9.78 Å². The van der Waals surface area contributed by atoms with Crippen LogP contribution in [0.1, 0.15) is 28.8 Å².